The third-order valence-electron chi connectivity index (χ3n) is 3.21. The molecule has 1 unspecified atom stereocenters. The van der Waals surface area contributed by atoms with E-state index in [1.165, 1.54) is 30.7 Å². The standard InChI is InChI=1S/C14H21NOS/c1-17-14-8-3-2-7-13(14)16-11-9-12-6-4-5-10-15-12/h2-3,7-8,12,15H,4-6,9-11H2,1H3. The first-order chi connectivity index (χ1) is 8.40. The second kappa shape index (κ2) is 6.92. The van der Waals surface area contributed by atoms with Crippen LogP contribution in [0.4, 0.5) is 0 Å². The van der Waals surface area contributed by atoms with Gasteiger partial charge in [0, 0.05) is 10.9 Å². The van der Waals surface area contributed by atoms with Gasteiger partial charge in [-0.05, 0) is 44.2 Å². The fourth-order valence-corrected chi connectivity index (χ4v) is 2.76. The van der Waals surface area contributed by atoms with Crippen molar-refractivity contribution < 1.29 is 4.74 Å². The highest BCUT2D eigenvalue weighted by molar-refractivity contribution is 7.98. The molecule has 1 aliphatic heterocycles. The molecular weight excluding hydrogens is 230 g/mol. The quantitative estimate of drug-likeness (QED) is 0.811. The van der Waals surface area contributed by atoms with Crippen LogP contribution in [0.5, 0.6) is 5.75 Å². The van der Waals surface area contributed by atoms with E-state index in [2.05, 4.69) is 29.8 Å². The average molecular weight is 251 g/mol. The normalized spacial score (nSPS) is 20.2. The number of hydrogen-bond donors (Lipinski definition) is 1. The molecule has 0 radical (unpaired) electrons. The van der Waals surface area contributed by atoms with Crippen molar-refractivity contribution in [1.29, 1.82) is 0 Å². The van der Waals surface area contributed by atoms with Crippen LogP contribution in [-0.4, -0.2) is 25.4 Å². The van der Waals surface area contributed by atoms with Crippen molar-refractivity contribution in [3.05, 3.63) is 24.3 Å². The van der Waals surface area contributed by atoms with Gasteiger partial charge in [-0.2, -0.15) is 0 Å². The number of piperidine rings is 1. The SMILES string of the molecule is CSc1ccccc1OCCC1CCCCN1. The first kappa shape index (κ1) is 12.8. The van der Waals surface area contributed by atoms with E-state index < -0.39 is 0 Å². The van der Waals surface area contributed by atoms with Gasteiger partial charge in [0.25, 0.3) is 0 Å². The molecule has 1 N–H and O–H groups in total. The Balaban J connectivity index is 1.77. The fraction of sp³-hybridized carbons (Fsp3) is 0.571. The van der Waals surface area contributed by atoms with Crippen molar-refractivity contribution in [3.63, 3.8) is 0 Å². The molecular formula is C14H21NOS. The molecule has 1 aromatic carbocycles. The molecule has 0 aliphatic carbocycles. The molecule has 0 bridgehead atoms. The van der Waals surface area contributed by atoms with Crippen LogP contribution < -0.4 is 10.1 Å². The number of thioether (sulfide) groups is 1. The monoisotopic (exact) mass is 251 g/mol. The Kier molecular flexibility index (Phi) is 5.20. The van der Waals surface area contributed by atoms with Gasteiger partial charge >= 0.3 is 0 Å². The Hall–Kier alpha value is -0.670. The third-order valence-corrected chi connectivity index (χ3v) is 3.98. The minimum atomic E-state index is 0.658. The van der Waals surface area contributed by atoms with Crippen LogP contribution in [-0.2, 0) is 0 Å². The Morgan fingerprint density at radius 1 is 1.35 bits per heavy atom. The lowest BCUT2D eigenvalue weighted by atomic mass is 10.0. The topological polar surface area (TPSA) is 21.3 Å². The molecule has 1 fully saturated rings. The number of benzene rings is 1. The minimum absolute atomic E-state index is 0.658. The fourth-order valence-electron chi connectivity index (χ4n) is 2.22. The van der Waals surface area contributed by atoms with Gasteiger partial charge in [-0.3, -0.25) is 0 Å². The highest BCUT2D eigenvalue weighted by Gasteiger charge is 2.12. The molecule has 1 atom stereocenters. The van der Waals surface area contributed by atoms with Crippen LogP contribution in [0.25, 0.3) is 0 Å². The molecule has 1 saturated heterocycles. The second-order valence-electron chi connectivity index (χ2n) is 4.43. The summed E-state index contributed by atoms with van der Waals surface area (Å²) in [5, 5.41) is 3.55. The van der Waals surface area contributed by atoms with Crippen molar-refractivity contribution in [2.24, 2.45) is 0 Å². The van der Waals surface area contributed by atoms with E-state index in [9.17, 15) is 0 Å². The first-order valence-electron chi connectivity index (χ1n) is 6.39. The van der Waals surface area contributed by atoms with Crippen molar-refractivity contribution in [3.8, 4) is 5.75 Å². The molecule has 1 aliphatic rings. The summed E-state index contributed by atoms with van der Waals surface area (Å²) in [5.41, 5.74) is 0. The molecule has 2 rings (SSSR count). The van der Waals surface area contributed by atoms with Crippen molar-refractivity contribution >= 4 is 11.8 Å². The molecule has 0 aromatic heterocycles. The zero-order chi connectivity index (χ0) is 11.9. The summed E-state index contributed by atoms with van der Waals surface area (Å²) >= 11 is 1.74. The zero-order valence-electron chi connectivity index (χ0n) is 10.4. The van der Waals surface area contributed by atoms with E-state index in [1.54, 1.807) is 11.8 Å². The van der Waals surface area contributed by atoms with Crippen LogP contribution in [0, 0.1) is 0 Å². The van der Waals surface area contributed by atoms with Gasteiger partial charge in [-0.15, -0.1) is 11.8 Å². The summed E-state index contributed by atoms with van der Waals surface area (Å²) in [6, 6.07) is 8.92. The molecule has 0 amide bonds. The van der Waals surface area contributed by atoms with Gasteiger partial charge in [0.15, 0.2) is 0 Å². The number of rotatable bonds is 5. The molecule has 2 nitrogen and oxygen atoms in total. The highest BCUT2D eigenvalue weighted by atomic mass is 32.2. The molecule has 1 heterocycles. The number of hydrogen-bond acceptors (Lipinski definition) is 3. The van der Waals surface area contributed by atoms with Gasteiger partial charge in [-0.1, -0.05) is 18.6 Å². The molecule has 0 saturated carbocycles. The van der Waals surface area contributed by atoms with E-state index in [4.69, 9.17) is 4.74 Å². The van der Waals surface area contributed by atoms with Gasteiger partial charge in [-0.25, -0.2) is 0 Å². The maximum absolute atomic E-state index is 5.87. The minimum Gasteiger partial charge on any atom is -0.492 e. The number of para-hydroxylation sites is 1. The predicted octanol–water partition coefficient (Wildman–Crippen LogP) is 3.32. The van der Waals surface area contributed by atoms with E-state index in [0.29, 0.717) is 6.04 Å². The van der Waals surface area contributed by atoms with Gasteiger partial charge in [0.05, 0.1) is 6.61 Å². The smallest absolute Gasteiger partial charge is 0.132 e. The Morgan fingerprint density at radius 3 is 3.00 bits per heavy atom. The van der Waals surface area contributed by atoms with Gasteiger partial charge < -0.3 is 10.1 Å². The molecule has 3 heteroatoms. The highest BCUT2D eigenvalue weighted by Crippen LogP contribution is 2.27. The summed E-state index contributed by atoms with van der Waals surface area (Å²) < 4.78 is 5.87. The first-order valence-corrected chi connectivity index (χ1v) is 7.62. The Morgan fingerprint density at radius 2 is 2.24 bits per heavy atom. The van der Waals surface area contributed by atoms with Crippen molar-refractivity contribution in [1.82, 2.24) is 5.32 Å². The molecule has 94 valence electrons. The van der Waals surface area contributed by atoms with E-state index in [0.717, 1.165) is 18.8 Å². The summed E-state index contributed by atoms with van der Waals surface area (Å²) in [6.07, 6.45) is 7.19. The van der Waals surface area contributed by atoms with Crippen LogP contribution in [0.3, 0.4) is 0 Å². The van der Waals surface area contributed by atoms with Crippen molar-refractivity contribution in [2.75, 3.05) is 19.4 Å². The van der Waals surface area contributed by atoms with E-state index >= 15 is 0 Å². The number of ether oxygens (including phenoxy) is 1. The summed E-state index contributed by atoms with van der Waals surface area (Å²) in [4.78, 5) is 1.23. The predicted molar refractivity (Wildman–Crippen MR) is 74.0 cm³/mol. The lowest BCUT2D eigenvalue weighted by Gasteiger charge is -2.23. The van der Waals surface area contributed by atoms with Crippen LogP contribution in [0.2, 0.25) is 0 Å². The van der Waals surface area contributed by atoms with E-state index in [-0.39, 0.29) is 0 Å². The lowest BCUT2D eigenvalue weighted by molar-refractivity contribution is 0.264. The lowest BCUT2D eigenvalue weighted by Crippen LogP contribution is -2.35. The van der Waals surface area contributed by atoms with Gasteiger partial charge in [0.1, 0.15) is 5.75 Å². The Labute approximate surface area is 108 Å². The Bertz CT molecular complexity index is 337. The average Bonchev–Trinajstić information content (AvgIpc) is 2.40. The third kappa shape index (κ3) is 3.93. The summed E-state index contributed by atoms with van der Waals surface area (Å²) in [7, 11) is 0. The molecule has 1 aromatic rings. The second-order valence-corrected chi connectivity index (χ2v) is 5.28. The number of nitrogens with one attached hydrogen (secondary N) is 1. The van der Waals surface area contributed by atoms with Crippen LogP contribution in [0.15, 0.2) is 29.2 Å². The van der Waals surface area contributed by atoms with Crippen LogP contribution in [0.1, 0.15) is 25.7 Å². The maximum Gasteiger partial charge on any atom is 0.132 e. The van der Waals surface area contributed by atoms with Gasteiger partial charge in [0.2, 0.25) is 0 Å². The zero-order valence-corrected chi connectivity index (χ0v) is 11.3. The maximum atomic E-state index is 5.87. The summed E-state index contributed by atoms with van der Waals surface area (Å²) in [5.74, 6) is 1.02. The molecule has 0 spiro atoms. The van der Waals surface area contributed by atoms with Crippen molar-refractivity contribution in [2.45, 2.75) is 36.6 Å². The molecule has 17 heavy (non-hydrogen) atoms. The van der Waals surface area contributed by atoms with Crippen LogP contribution >= 0.6 is 11.8 Å². The largest absolute Gasteiger partial charge is 0.492 e. The van der Waals surface area contributed by atoms with E-state index in [1.807, 2.05) is 6.07 Å². The summed E-state index contributed by atoms with van der Waals surface area (Å²) in [6.45, 7) is 1.99.